The fourth-order valence-electron chi connectivity index (χ4n) is 2.96. The fourth-order valence-corrected chi connectivity index (χ4v) is 2.96. The maximum atomic E-state index is 12.6. The minimum atomic E-state index is -0.704. The highest BCUT2D eigenvalue weighted by Gasteiger charge is 2.18. The number of rotatable bonds is 10. The molecule has 3 aromatic carbocycles. The summed E-state index contributed by atoms with van der Waals surface area (Å²) in [4.78, 5) is 35.5. The summed E-state index contributed by atoms with van der Waals surface area (Å²) in [5.74, 6) is -0.961. The molecular weight excluding hydrogens is 426 g/mol. The predicted molar refractivity (Wildman–Crippen MR) is 123 cm³/mol. The summed E-state index contributed by atoms with van der Waals surface area (Å²) in [6.45, 7) is 0.760. The van der Waals surface area contributed by atoms with Crippen LogP contribution in [-0.2, 0) is 16.1 Å². The zero-order valence-electron chi connectivity index (χ0n) is 17.9. The van der Waals surface area contributed by atoms with Gasteiger partial charge in [-0.25, -0.2) is 4.79 Å². The Kier molecular flexibility index (Phi) is 8.09. The quantitative estimate of drug-likeness (QED) is 0.205. The van der Waals surface area contributed by atoms with E-state index in [1.807, 2.05) is 18.2 Å². The minimum absolute atomic E-state index is 0.0548. The highest BCUT2D eigenvalue weighted by molar-refractivity contribution is 6.04. The average molecular weight is 449 g/mol. The van der Waals surface area contributed by atoms with Crippen molar-refractivity contribution in [3.8, 4) is 0 Å². The topological polar surface area (TPSA) is 120 Å². The molecule has 0 saturated heterocycles. The van der Waals surface area contributed by atoms with E-state index in [2.05, 4.69) is 10.6 Å². The van der Waals surface area contributed by atoms with Gasteiger partial charge in [-0.3, -0.25) is 14.9 Å². The number of methoxy groups -OCH3 is 1. The second-order valence-corrected chi connectivity index (χ2v) is 7.00. The largest absolute Gasteiger partial charge is 0.457 e. The number of nitrogens with one attached hydrogen (secondary N) is 2. The van der Waals surface area contributed by atoms with Gasteiger partial charge in [-0.2, -0.15) is 0 Å². The molecule has 0 aromatic heterocycles. The molecule has 0 unspecified atom stereocenters. The number of anilines is 2. The van der Waals surface area contributed by atoms with E-state index in [-0.39, 0.29) is 23.8 Å². The third-order valence-corrected chi connectivity index (χ3v) is 4.67. The van der Waals surface area contributed by atoms with E-state index in [0.29, 0.717) is 35.7 Å². The molecule has 0 aliphatic rings. The first kappa shape index (κ1) is 23.4. The van der Waals surface area contributed by atoms with Crippen LogP contribution in [-0.4, -0.2) is 37.1 Å². The van der Waals surface area contributed by atoms with Crippen LogP contribution in [0.4, 0.5) is 17.1 Å². The number of esters is 1. The number of nitrogens with zero attached hydrogens (tertiary/aromatic N) is 1. The third kappa shape index (κ3) is 6.62. The number of para-hydroxylation sites is 1. The van der Waals surface area contributed by atoms with Gasteiger partial charge in [0, 0.05) is 42.7 Å². The summed E-state index contributed by atoms with van der Waals surface area (Å²) in [5.41, 5.74) is 2.06. The standard InChI is InChI=1S/C24H23N3O6/c1-32-14-13-25-22-12-11-20(27(30)31)15-21(22)24(29)33-16-17-7-9-18(10-8-17)23(28)26-19-5-3-2-4-6-19/h2-12,15,25H,13-14,16H2,1H3,(H,26,28). The molecule has 0 aliphatic carbocycles. The van der Waals surface area contributed by atoms with E-state index in [4.69, 9.17) is 9.47 Å². The van der Waals surface area contributed by atoms with Crippen LogP contribution < -0.4 is 10.6 Å². The maximum absolute atomic E-state index is 12.6. The Bertz CT molecular complexity index is 1120. The summed E-state index contributed by atoms with van der Waals surface area (Å²) in [5, 5.41) is 16.9. The number of nitro groups is 1. The van der Waals surface area contributed by atoms with Gasteiger partial charge >= 0.3 is 5.97 Å². The molecule has 0 saturated carbocycles. The van der Waals surface area contributed by atoms with Gasteiger partial charge in [-0.15, -0.1) is 0 Å². The van der Waals surface area contributed by atoms with Crippen LogP contribution >= 0.6 is 0 Å². The first-order valence-electron chi connectivity index (χ1n) is 10.1. The van der Waals surface area contributed by atoms with Crippen LogP contribution in [0.15, 0.2) is 72.8 Å². The molecule has 0 atom stereocenters. The Hall–Kier alpha value is -4.24. The van der Waals surface area contributed by atoms with E-state index in [1.165, 1.54) is 18.2 Å². The lowest BCUT2D eigenvalue weighted by molar-refractivity contribution is -0.384. The Balaban J connectivity index is 1.64. The molecule has 3 rings (SSSR count). The molecule has 2 N–H and O–H groups in total. The summed E-state index contributed by atoms with van der Waals surface area (Å²) < 4.78 is 10.3. The first-order valence-corrected chi connectivity index (χ1v) is 10.1. The van der Waals surface area contributed by atoms with Crippen LogP contribution in [0, 0.1) is 10.1 Å². The maximum Gasteiger partial charge on any atom is 0.340 e. The van der Waals surface area contributed by atoms with Crippen LogP contribution in [0.5, 0.6) is 0 Å². The molecule has 9 nitrogen and oxygen atoms in total. The molecule has 1 amide bonds. The van der Waals surface area contributed by atoms with Crippen molar-refractivity contribution in [2.24, 2.45) is 0 Å². The van der Waals surface area contributed by atoms with Gasteiger partial charge in [0.2, 0.25) is 0 Å². The molecule has 0 fully saturated rings. The van der Waals surface area contributed by atoms with E-state index in [1.54, 1.807) is 43.5 Å². The molecule has 0 aliphatic heterocycles. The summed E-state index contributed by atoms with van der Waals surface area (Å²) in [7, 11) is 1.54. The second kappa shape index (κ2) is 11.4. The number of non-ortho nitro benzene ring substituents is 1. The van der Waals surface area contributed by atoms with Crippen LogP contribution in [0.1, 0.15) is 26.3 Å². The summed E-state index contributed by atoms with van der Waals surface area (Å²) >= 11 is 0. The van der Waals surface area contributed by atoms with Gasteiger partial charge in [0.15, 0.2) is 0 Å². The number of benzene rings is 3. The van der Waals surface area contributed by atoms with E-state index in [9.17, 15) is 19.7 Å². The number of carbonyl (C=O) groups excluding carboxylic acids is 2. The van der Waals surface area contributed by atoms with Gasteiger partial charge in [0.25, 0.3) is 11.6 Å². The van der Waals surface area contributed by atoms with Gasteiger partial charge in [-0.05, 0) is 35.9 Å². The van der Waals surface area contributed by atoms with Crippen molar-refractivity contribution in [2.75, 3.05) is 30.9 Å². The van der Waals surface area contributed by atoms with Gasteiger partial charge in [-0.1, -0.05) is 30.3 Å². The number of amides is 1. The van der Waals surface area contributed by atoms with Crippen LogP contribution in [0.25, 0.3) is 0 Å². The van der Waals surface area contributed by atoms with Gasteiger partial charge in [0.1, 0.15) is 6.61 Å². The van der Waals surface area contributed by atoms with Gasteiger partial charge in [0.05, 0.1) is 17.1 Å². The lowest BCUT2D eigenvalue weighted by Crippen LogP contribution is -2.14. The smallest absolute Gasteiger partial charge is 0.340 e. The number of carbonyl (C=O) groups is 2. The van der Waals surface area contributed by atoms with Crippen molar-refractivity contribution in [1.29, 1.82) is 0 Å². The molecule has 0 bridgehead atoms. The second-order valence-electron chi connectivity index (χ2n) is 7.00. The number of hydrogen-bond acceptors (Lipinski definition) is 7. The highest BCUT2D eigenvalue weighted by atomic mass is 16.6. The lowest BCUT2D eigenvalue weighted by Gasteiger charge is -2.12. The molecule has 9 heteroatoms. The Morgan fingerprint density at radius 1 is 1.00 bits per heavy atom. The molecular formula is C24H23N3O6. The summed E-state index contributed by atoms with van der Waals surface area (Å²) in [6, 6.07) is 19.7. The first-order chi connectivity index (χ1) is 16.0. The van der Waals surface area contributed by atoms with Crippen LogP contribution in [0.2, 0.25) is 0 Å². The predicted octanol–water partition coefficient (Wildman–Crippen LogP) is 4.26. The fraction of sp³-hybridized carbons (Fsp3) is 0.167. The molecule has 0 spiro atoms. The molecule has 0 heterocycles. The molecule has 3 aromatic rings. The van der Waals surface area contributed by atoms with Crippen molar-refractivity contribution in [3.63, 3.8) is 0 Å². The minimum Gasteiger partial charge on any atom is -0.457 e. The normalized spacial score (nSPS) is 10.3. The average Bonchev–Trinajstić information content (AvgIpc) is 2.83. The van der Waals surface area contributed by atoms with Crippen molar-refractivity contribution < 1.29 is 24.0 Å². The van der Waals surface area contributed by atoms with E-state index >= 15 is 0 Å². The zero-order valence-corrected chi connectivity index (χ0v) is 17.9. The monoisotopic (exact) mass is 449 g/mol. The van der Waals surface area contributed by atoms with Crippen LogP contribution in [0.3, 0.4) is 0 Å². The Morgan fingerprint density at radius 3 is 2.39 bits per heavy atom. The number of ether oxygens (including phenoxy) is 2. The van der Waals surface area contributed by atoms with E-state index in [0.717, 1.165) is 0 Å². The van der Waals surface area contributed by atoms with Crippen molar-refractivity contribution in [2.45, 2.75) is 6.61 Å². The van der Waals surface area contributed by atoms with Gasteiger partial charge < -0.3 is 20.1 Å². The van der Waals surface area contributed by atoms with Crippen molar-refractivity contribution >= 4 is 28.9 Å². The lowest BCUT2D eigenvalue weighted by atomic mass is 10.1. The number of nitro benzene ring substituents is 1. The highest BCUT2D eigenvalue weighted by Crippen LogP contribution is 2.23. The van der Waals surface area contributed by atoms with Crippen molar-refractivity contribution in [3.05, 3.63) is 99.6 Å². The Morgan fingerprint density at radius 2 is 1.73 bits per heavy atom. The Labute approximate surface area is 190 Å². The SMILES string of the molecule is COCCNc1ccc([N+](=O)[O-])cc1C(=O)OCc1ccc(C(=O)Nc2ccccc2)cc1. The third-order valence-electron chi connectivity index (χ3n) is 4.67. The molecule has 170 valence electrons. The molecule has 0 radical (unpaired) electrons. The zero-order chi connectivity index (χ0) is 23.6. The summed E-state index contributed by atoms with van der Waals surface area (Å²) in [6.07, 6.45) is 0. The van der Waals surface area contributed by atoms with E-state index < -0.39 is 10.9 Å². The number of hydrogen-bond donors (Lipinski definition) is 2. The van der Waals surface area contributed by atoms with Crippen molar-refractivity contribution in [1.82, 2.24) is 0 Å². The molecule has 33 heavy (non-hydrogen) atoms.